The van der Waals surface area contributed by atoms with Crippen LogP contribution in [0.5, 0.6) is 5.75 Å². The van der Waals surface area contributed by atoms with Crippen LogP contribution in [-0.4, -0.2) is 35.5 Å². The Morgan fingerprint density at radius 2 is 1.45 bits per heavy atom. The lowest BCUT2D eigenvalue weighted by Gasteiger charge is -2.18. The maximum atomic E-state index is 12.9. The van der Waals surface area contributed by atoms with Gasteiger partial charge in [-0.3, -0.25) is 14.9 Å². The van der Waals surface area contributed by atoms with E-state index in [0.29, 0.717) is 35.7 Å². The van der Waals surface area contributed by atoms with E-state index in [9.17, 15) is 9.59 Å². The summed E-state index contributed by atoms with van der Waals surface area (Å²) in [4.78, 5) is 27.4. The van der Waals surface area contributed by atoms with Gasteiger partial charge in [0.05, 0.1) is 6.61 Å². The molecule has 4 rings (SSSR count). The van der Waals surface area contributed by atoms with E-state index < -0.39 is 0 Å². The Morgan fingerprint density at radius 3 is 2.18 bits per heavy atom. The van der Waals surface area contributed by atoms with E-state index in [2.05, 4.69) is 22.8 Å². The topological polar surface area (TPSA) is 70.7 Å². The molecule has 38 heavy (non-hydrogen) atoms. The van der Waals surface area contributed by atoms with Crippen molar-refractivity contribution in [3.8, 4) is 5.75 Å². The van der Waals surface area contributed by atoms with Crippen LogP contribution >= 0.6 is 12.2 Å². The van der Waals surface area contributed by atoms with Gasteiger partial charge in [-0.1, -0.05) is 72.8 Å². The summed E-state index contributed by atoms with van der Waals surface area (Å²) in [6.45, 7) is 1.01. The fourth-order valence-corrected chi connectivity index (χ4v) is 4.09. The van der Waals surface area contributed by atoms with Crippen LogP contribution in [0.2, 0.25) is 0 Å². The lowest BCUT2D eigenvalue weighted by atomic mass is 10.1. The van der Waals surface area contributed by atoms with Crippen LogP contribution in [0.4, 0.5) is 5.69 Å². The third-order valence-electron chi connectivity index (χ3n) is 5.80. The van der Waals surface area contributed by atoms with Crippen LogP contribution in [0.15, 0.2) is 109 Å². The number of nitrogens with zero attached hydrogens (tertiary/aromatic N) is 1. The molecule has 0 aromatic heterocycles. The second-order valence-corrected chi connectivity index (χ2v) is 9.16. The van der Waals surface area contributed by atoms with Gasteiger partial charge in [0.15, 0.2) is 5.11 Å². The van der Waals surface area contributed by atoms with Crippen LogP contribution in [0.3, 0.4) is 0 Å². The van der Waals surface area contributed by atoms with Gasteiger partial charge in [-0.2, -0.15) is 0 Å². The zero-order valence-electron chi connectivity index (χ0n) is 21.1. The molecule has 4 aromatic carbocycles. The normalized spacial score (nSPS) is 10.3. The first-order valence-electron chi connectivity index (χ1n) is 12.3. The quantitative estimate of drug-likeness (QED) is 0.275. The van der Waals surface area contributed by atoms with Crippen LogP contribution in [0.25, 0.3) is 0 Å². The number of thiocarbonyl (C=S) groups is 1. The van der Waals surface area contributed by atoms with Gasteiger partial charge >= 0.3 is 0 Å². The first-order chi connectivity index (χ1) is 18.5. The van der Waals surface area contributed by atoms with Gasteiger partial charge in [-0.05, 0) is 59.7 Å². The Hall–Kier alpha value is -4.49. The molecular weight excluding hydrogens is 494 g/mol. The zero-order chi connectivity index (χ0) is 26.7. The summed E-state index contributed by atoms with van der Waals surface area (Å²) in [5.74, 6) is 0.140. The van der Waals surface area contributed by atoms with Gasteiger partial charge in [0.25, 0.3) is 11.8 Å². The molecule has 0 bridgehead atoms. The average molecular weight is 524 g/mol. The van der Waals surface area contributed by atoms with Gasteiger partial charge in [0.2, 0.25) is 0 Å². The van der Waals surface area contributed by atoms with Crippen molar-refractivity contribution >= 4 is 34.8 Å². The molecule has 7 heteroatoms. The highest BCUT2D eigenvalue weighted by atomic mass is 32.1. The highest BCUT2D eigenvalue weighted by Crippen LogP contribution is 2.16. The molecule has 2 amide bonds. The minimum Gasteiger partial charge on any atom is -0.493 e. The van der Waals surface area contributed by atoms with Crippen LogP contribution in [-0.2, 0) is 13.0 Å². The van der Waals surface area contributed by atoms with E-state index in [-0.39, 0.29) is 16.9 Å². The van der Waals surface area contributed by atoms with Gasteiger partial charge in [0, 0.05) is 36.8 Å². The first-order valence-corrected chi connectivity index (χ1v) is 12.7. The summed E-state index contributed by atoms with van der Waals surface area (Å²) >= 11 is 5.35. The van der Waals surface area contributed by atoms with Crippen molar-refractivity contribution < 1.29 is 14.3 Å². The molecule has 0 radical (unpaired) electrons. The van der Waals surface area contributed by atoms with E-state index >= 15 is 0 Å². The van der Waals surface area contributed by atoms with E-state index in [1.165, 1.54) is 5.56 Å². The van der Waals surface area contributed by atoms with E-state index in [4.69, 9.17) is 17.0 Å². The fourth-order valence-electron chi connectivity index (χ4n) is 3.88. The number of amides is 2. The van der Waals surface area contributed by atoms with Crippen molar-refractivity contribution in [3.63, 3.8) is 0 Å². The van der Waals surface area contributed by atoms with Gasteiger partial charge in [-0.15, -0.1) is 0 Å². The van der Waals surface area contributed by atoms with Crippen molar-refractivity contribution in [2.75, 3.05) is 19.0 Å². The summed E-state index contributed by atoms with van der Waals surface area (Å²) in [6, 6.07) is 33.9. The SMILES string of the molecule is CN(Cc1ccccc1)C(=O)c1cccc(NC(=S)NC(=O)c2cccc(OCCc3ccccc3)c2)c1. The van der Waals surface area contributed by atoms with Crippen LogP contribution in [0.1, 0.15) is 31.8 Å². The van der Waals surface area contributed by atoms with Crippen molar-refractivity contribution in [1.29, 1.82) is 0 Å². The third kappa shape index (κ3) is 7.75. The molecular formula is C31H29N3O3S. The van der Waals surface area contributed by atoms with Crippen molar-refractivity contribution in [2.45, 2.75) is 13.0 Å². The lowest BCUT2D eigenvalue weighted by molar-refractivity contribution is 0.0785. The predicted octanol–water partition coefficient (Wildman–Crippen LogP) is 5.71. The second-order valence-electron chi connectivity index (χ2n) is 8.75. The summed E-state index contributed by atoms with van der Waals surface area (Å²) in [5.41, 5.74) is 3.78. The number of hydrogen-bond donors (Lipinski definition) is 2. The van der Waals surface area contributed by atoms with Crippen molar-refractivity contribution in [3.05, 3.63) is 131 Å². The molecule has 4 aromatic rings. The Labute approximate surface area is 228 Å². The number of ether oxygens (including phenoxy) is 1. The summed E-state index contributed by atoms with van der Waals surface area (Å²) < 4.78 is 5.83. The lowest BCUT2D eigenvalue weighted by Crippen LogP contribution is -2.34. The number of rotatable bonds is 9. The highest BCUT2D eigenvalue weighted by Gasteiger charge is 2.14. The molecule has 192 valence electrons. The Kier molecular flexibility index (Phi) is 9.21. The molecule has 0 aliphatic rings. The Morgan fingerprint density at radius 1 is 0.789 bits per heavy atom. The second kappa shape index (κ2) is 13.2. The number of carbonyl (C=O) groups excluding carboxylic acids is 2. The molecule has 0 atom stereocenters. The van der Waals surface area contributed by atoms with Gasteiger partial charge in [0.1, 0.15) is 5.75 Å². The summed E-state index contributed by atoms with van der Waals surface area (Å²) in [6.07, 6.45) is 0.773. The minimum atomic E-state index is -0.356. The van der Waals surface area contributed by atoms with Crippen LogP contribution in [0, 0.1) is 0 Å². The molecule has 0 aliphatic carbocycles. The molecule has 0 aliphatic heterocycles. The highest BCUT2D eigenvalue weighted by molar-refractivity contribution is 7.80. The number of anilines is 1. The average Bonchev–Trinajstić information content (AvgIpc) is 2.94. The largest absolute Gasteiger partial charge is 0.493 e. The number of hydrogen-bond acceptors (Lipinski definition) is 4. The molecule has 0 fully saturated rings. The van der Waals surface area contributed by atoms with Gasteiger partial charge < -0.3 is 15.0 Å². The monoisotopic (exact) mass is 523 g/mol. The molecule has 0 heterocycles. The first kappa shape index (κ1) is 26.6. The molecule has 0 saturated heterocycles. The summed E-state index contributed by atoms with van der Waals surface area (Å²) in [7, 11) is 1.76. The van der Waals surface area contributed by atoms with Crippen molar-refractivity contribution in [2.24, 2.45) is 0 Å². The molecule has 2 N–H and O–H groups in total. The smallest absolute Gasteiger partial charge is 0.257 e. The van der Waals surface area contributed by atoms with Crippen molar-refractivity contribution in [1.82, 2.24) is 10.2 Å². The van der Waals surface area contributed by atoms with Crippen LogP contribution < -0.4 is 15.4 Å². The van der Waals surface area contributed by atoms with E-state index in [0.717, 1.165) is 12.0 Å². The van der Waals surface area contributed by atoms with E-state index in [1.807, 2.05) is 54.6 Å². The molecule has 0 unspecified atom stereocenters. The third-order valence-corrected chi connectivity index (χ3v) is 6.01. The maximum absolute atomic E-state index is 12.9. The number of benzene rings is 4. The zero-order valence-corrected chi connectivity index (χ0v) is 21.9. The molecule has 0 saturated carbocycles. The van der Waals surface area contributed by atoms with E-state index in [1.54, 1.807) is 54.4 Å². The Bertz CT molecular complexity index is 1390. The van der Waals surface area contributed by atoms with Gasteiger partial charge in [-0.25, -0.2) is 0 Å². The summed E-state index contributed by atoms with van der Waals surface area (Å²) in [5, 5.41) is 5.81. The molecule has 0 spiro atoms. The maximum Gasteiger partial charge on any atom is 0.257 e. The Balaban J connectivity index is 1.30. The number of carbonyl (C=O) groups is 2. The predicted molar refractivity (Wildman–Crippen MR) is 154 cm³/mol. The fraction of sp³-hybridized carbons (Fsp3) is 0.129. The minimum absolute atomic E-state index is 0.114. The molecule has 6 nitrogen and oxygen atoms in total. The standard InChI is InChI=1S/C31H29N3O3S/c1-34(22-24-12-6-3-7-13-24)30(36)26-15-8-16-27(20-26)32-31(38)33-29(35)25-14-9-17-28(21-25)37-19-18-23-10-4-2-5-11-23/h2-17,20-21H,18-19,22H2,1H3,(H2,32,33,35,38). The number of nitrogens with one attached hydrogen (secondary N) is 2.